The lowest BCUT2D eigenvalue weighted by Crippen LogP contribution is -2.44. The van der Waals surface area contributed by atoms with E-state index in [2.05, 4.69) is 14.8 Å². The van der Waals surface area contributed by atoms with Crippen molar-refractivity contribution < 1.29 is 36.6 Å². The third-order valence-corrected chi connectivity index (χ3v) is 3.39. The quantitative estimate of drug-likeness (QED) is 0.333. The summed E-state index contributed by atoms with van der Waals surface area (Å²) in [5, 5.41) is 2.28. The first kappa shape index (κ1) is 20.9. The van der Waals surface area contributed by atoms with Gasteiger partial charge in [0, 0.05) is 12.7 Å². The van der Waals surface area contributed by atoms with Gasteiger partial charge in [0.05, 0.1) is 0 Å². The minimum Gasteiger partial charge on any atom is -0.418 e. The number of carbonyl (C=O) groups is 2. The maximum atomic E-state index is 13.8. The summed E-state index contributed by atoms with van der Waals surface area (Å²) in [4.78, 5) is 23.7. The number of halogens is 4. The molecule has 1 rings (SSSR count). The predicted octanol–water partition coefficient (Wildman–Crippen LogP) is 2.78. The van der Waals surface area contributed by atoms with Gasteiger partial charge in [0.25, 0.3) is 0 Å². The van der Waals surface area contributed by atoms with Gasteiger partial charge in [0.15, 0.2) is 11.6 Å². The zero-order valence-corrected chi connectivity index (χ0v) is 14.1. The maximum absolute atomic E-state index is 13.8. The molecule has 0 bridgehead atoms. The topological polar surface area (TPSA) is 64.6 Å². The third kappa shape index (κ3) is 5.15. The van der Waals surface area contributed by atoms with Gasteiger partial charge in [-0.25, -0.2) is 13.6 Å². The number of carbonyl (C=O) groups excluding carboxylic acids is 2. The Kier molecular flexibility index (Phi) is 7.82. The maximum Gasteiger partial charge on any atom is 0.334 e. The summed E-state index contributed by atoms with van der Waals surface area (Å²) in [5.41, 5.74) is -0.870. The second kappa shape index (κ2) is 9.36. The van der Waals surface area contributed by atoms with Crippen LogP contribution < -0.4 is 10.1 Å². The van der Waals surface area contributed by atoms with Gasteiger partial charge >= 0.3 is 5.97 Å². The molecule has 0 spiro atoms. The van der Waals surface area contributed by atoms with Crippen LogP contribution in [0.1, 0.15) is 31.7 Å². The zero-order chi connectivity index (χ0) is 19.1. The first-order valence-corrected chi connectivity index (χ1v) is 7.57. The molecule has 1 atom stereocenters. The molecule has 0 aromatic heterocycles. The van der Waals surface area contributed by atoms with Gasteiger partial charge in [0.1, 0.15) is 12.6 Å². The van der Waals surface area contributed by atoms with Gasteiger partial charge in [-0.1, -0.05) is 19.8 Å². The number of ether oxygens (including phenoxy) is 2. The number of unbranched alkanes of at least 4 members (excludes halogenated alkanes) is 1. The zero-order valence-electron chi connectivity index (χ0n) is 14.1. The highest BCUT2D eigenvalue weighted by Crippen LogP contribution is 2.30. The molecule has 0 saturated heterocycles. The van der Waals surface area contributed by atoms with Crippen LogP contribution in [0.4, 0.5) is 17.6 Å². The van der Waals surface area contributed by atoms with Crippen LogP contribution in [0.25, 0.3) is 0 Å². The molecule has 1 N–H and O–H groups in total. The summed E-state index contributed by atoms with van der Waals surface area (Å²) >= 11 is 0. The van der Waals surface area contributed by atoms with Crippen molar-refractivity contribution in [2.45, 2.75) is 39.2 Å². The molecule has 0 saturated carbocycles. The van der Waals surface area contributed by atoms with Gasteiger partial charge in [-0.15, -0.1) is 0 Å². The molecule has 25 heavy (non-hydrogen) atoms. The Morgan fingerprint density at radius 3 is 2.12 bits per heavy atom. The average molecular weight is 365 g/mol. The van der Waals surface area contributed by atoms with Crippen molar-refractivity contribution in [3.05, 3.63) is 28.8 Å². The second-order valence-corrected chi connectivity index (χ2v) is 5.33. The first-order chi connectivity index (χ1) is 11.7. The van der Waals surface area contributed by atoms with Crippen molar-refractivity contribution in [3.8, 4) is 5.75 Å². The van der Waals surface area contributed by atoms with E-state index in [1.54, 1.807) is 0 Å². The summed E-state index contributed by atoms with van der Waals surface area (Å²) < 4.78 is 63.8. The van der Waals surface area contributed by atoms with E-state index >= 15 is 0 Å². The molecular formula is C16H19F4NO4. The van der Waals surface area contributed by atoms with Gasteiger partial charge in [-0.2, -0.15) is 8.78 Å². The highest BCUT2D eigenvalue weighted by molar-refractivity contribution is 5.86. The van der Waals surface area contributed by atoms with Gasteiger partial charge in [0.2, 0.25) is 23.3 Å². The summed E-state index contributed by atoms with van der Waals surface area (Å²) in [5.74, 6) is -10.3. The largest absolute Gasteiger partial charge is 0.418 e. The van der Waals surface area contributed by atoms with Gasteiger partial charge in [-0.3, -0.25) is 4.79 Å². The van der Waals surface area contributed by atoms with Crippen molar-refractivity contribution in [2.24, 2.45) is 0 Å². The summed E-state index contributed by atoms with van der Waals surface area (Å²) in [6.07, 6.45) is 1.28. The Balaban J connectivity index is 3.05. The first-order valence-electron chi connectivity index (χ1n) is 7.57. The molecule has 140 valence electrons. The number of hydrogen-bond donors (Lipinski definition) is 1. The molecule has 1 aromatic rings. The molecule has 1 aromatic carbocycles. The fourth-order valence-electron chi connectivity index (χ4n) is 2.01. The van der Waals surface area contributed by atoms with E-state index in [-0.39, 0.29) is 13.0 Å². The molecule has 0 aliphatic rings. The molecular weight excluding hydrogens is 346 g/mol. The van der Waals surface area contributed by atoms with Crippen LogP contribution in [0.5, 0.6) is 5.75 Å². The summed E-state index contributed by atoms with van der Waals surface area (Å²) in [6.45, 7) is 2.33. The SMILES string of the molecule is CCCCC(NC(=O)COC)C(=O)Oc1c(F)c(F)c(C)c(F)c1F. The van der Waals surface area contributed by atoms with Crippen LogP contribution >= 0.6 is 0 Å². The third-order valence-electron chi connectivity index (χ3n) is 3.39. The highest BCUT2D eigenvalue weighted by Gasteiger charge is 2.29. The fourth-order valence-corrected chi connectivity index (χ4v) is 2.01. The molecule has 1 amide bonds. The average Bonchev–Trinajstić information content (AvgIpc) is 2.58. The van der Waals surface area contributed by atoms with E-state index in [4.69, 9.17) is 0 Å². The Morgan fingerprint density at radius 2 is 1.64 bits per heavy atom. The Hall–Kier alpha value is -2.16. The number of benzene rings is 1. The molecule has 5 nitrogen and oxygen atoms in total. The number of rotatable bonds is 8. The Morgan fingerprint density at radius 1 is 1.08 bits per heavy atom. The van der Waals surface area contributed by atoms with Gasteiger partial charge in [-0.05, 0) is 13.3 Å². The van der Waals surface area contributed by atoms with Crippen molar-refractivity contribution in [2.75, 3.05) is 13.7 Å². The number of methoxy groups -OCH3 is 1. The Bertz CT molecular complexity index is 623. The van der Waals surface area contributed by atoms with Gasteiger partial charge < -0.3 is 14.8 Å². The lowest BCUT2D eigenvalue weighted by atomic mass is 10.1. The monoisotopic (exact) mass is 365 g/mol. The van der Waals surface area contributed by atoms with E-state index in [0.717, 1.165) is 6.92 Å². The predicted molar refractivity (Wildman–Crippen MR) is 80.0 cm³/mol. The fraction of sp³-hybridized carbons (Fsp3) is 0.500. The van der Waals surface area contributed by atoms with E-state index < -0.39 is 52.5 Å². The van der Waals surface area contributed by atoms with E-state index in [1.165, 1.54) is 7.11 Å². The number of esters is 1. The molecule has 0 fully saturated rings. The smallest absolute Gasteiger partial charge is 0.334 e. The van der Waals surface area contributed by atoms with Crippen LogP contribution in [0.3, 0.4) is 0 Å². The van der Waals surface area contributed by atoms with Crippen molar-refractivity contribution in [1.29, 1.82) is 0 Å². The summed E-state index contributed by atoms with van der Waals surface area (Å²) in [7, 11) is 1.27. The number of nitrogens with one attached hydrogen (secondary N) is 1. The van der Waals surface area contributed by atoms with Crippen LogP contribution in [0, 0.1) is 30.2 Å². The minimum absolute atomic E-state index is 0.116. The summed E-state index contributed by atoms with van der Waals surface area (Å²) in [6, 6.07) is -1.24. The molecule has 0 heterocycles. The van der Waals surface area contributed by atoms with E-state index in [9.17, 15) is 27.2 Å². The Labute approximate surface area is 142 Å². The number of amides is 1. The standard InChI is InChI=1S/C16H19F4NO4/c1-4-5-6-9(21-10(22)7-24-3)16(23)25-15-13(19)11(17)8(2)12(18)14(15)20/h9H,4-7H2,1-3H3,(H,21,22). The van der Waals surface area contributed by atoms with Crippen LogP contribution in [0.2, 0.25) is 0 Å². The van der Waals surface area contributed by atoms with E-state index in [0.29, 0.717) is 12.8 Å². The van der Waals surface area contributed by atoms with Crippen molar-refractivity contribution in [1.82, 2.24) is 5.32 Å². The lowest BCUT2D eigenvalue weighted by molar-refractivity contribution is -0.140. The molecule has 1 unspecified atom stereocenters. The molecule has 9 heteroatoms. The van der Waals surface area contributed by atoms with Crippen LogP contribution in [-0.4, -0.2) is 31.6 Å². The van der Waals surface area contributed by atoms with Crippen LogP contribution in [-0.2, 0) is 14.3 Å². The molecule has 0 aliphatic heterocycles. The lowest BCUT2D eigenvalue weighted by Gasteiger charge is -2.18. The minimum atomic E-state index is -1.82. The van der Waals surface area contributed by atoms with Crippen molar-refractivity contribution >= 4 is 11.9 Å². The van der Waals surface area contributed by atoms with Crippen molar-refractivity contribution in [3.63, 3.8) is 0 Å². The molecule has 0 radical (unpaired) electrons. The second-order valence-electron chi connectivity index (χ2n) is 5.33. The highest BCUT2D eigenvalue weighted by atomic mass is 19.2. The van der Waals surface area contributed by atoms with Crippen LogP contribution in [0.15, 0.2) is 0 Å². The van der Waals surface area contributed by atoms with E-state index in [1.807, 2.05) is 6.92 Å². The number of hydrogen-bond acceptors (Lipinski definition) is 4. The normalized spacial score (nSPS) is 12.0. The molecule has 0 aliphatic carbocycles.